The van der Waals surface area contributed by atoms with Crippen molar-refractivity contribution in [1.29, 1.82) is 0 Å². The minimum atomic E-state index is -0.890. The summed E-state index contributed by atoms with van der Waals surface area (Å²) in [6.45, 7) is 4.14. The van der Waals surface area contributed by atoms with Crippen LogP contribution >= 0.6 is 0 Å². The lowest BCUT2D eigenvalue weighted by molar-refractivity contribution is -0.118. The third-order valence-electron chi connectivity index (χ3n) is 4.51. The van der Waals surface area contributed by atoms with E-state index >= 15 is 0 Å². The Kier molecular flexibility index (Phi) is 4.59. The first-order valence-electron chi connectivity index (χ1n) is 8.18. The molecule has 0 aromatic heterocycles. The molecular formula is C20H23NO2S. The molecule has 0 radical (unpaired) electrons. The number of benzene rings is 2. The predicted molar refractivity (Wildman–Crippen MR) is 99.7 cm³/mol. The number of hydrogen-bond donors (Lipinski definition) is 1. The van der Waals surface area contributed by atoms with Crippen molar-refractivity contribution in [2.45, 2.75) is 37.9 Å². The Morgan fingerprint density at radius 2 is 1.79 bits per heavy atom. The molecule has 1 aliphatic rings. The van der Waals surface area contributed by atoms with Gasteiger partial charge in [0.15, 0.2) is 0 Å². The quantitative estimate of drug-likeness (QED) is 0.898. The Morgan fingerprint density at radius 3 is 2.38 bits per heavy atom. The average Bonchev–Trinajstić information content (AvgIpc) is 3.27. The van der Waals surface area contributed by atoms with Gasteiger partial charge >= 0.3 is 0 Å². The predicted octanol–water partition coefficient (Wildman–Crippen LogP) is 3.85. The van der Waals surface area contributed by atoms with Crippen molar-refractivity contribution in [2.24, 2.45) is 0 Å². The zero-order chi connectivity index (χ0) is 17.3. The lowest BCUT2D eigenvalue weighted by Crippen LogP contribution is -2.28. The molecule has 4 heteroatoms. The Hall–Kier alpha value is -1.94. The number of carbonyl (C=O) groups excluding carboxylic acids is 1. The molecule has 1 N–H and O–H groups in total. The lowest BCUT2D eigenvalue weighted by atomic mass is 9.92. The summed E-state index contributed by atoms with van der Waals surface area (Å²) in [4.78, 5) is 12.9. The Bertz CT molecular complexity index is 789. The van der Waals surface area contributed by atoms with E-state index in [4.69, 9.17) is 0 Å². The van der Waals surface area contributed by atoms with Crippen molar-refractivity contribution in [3.63, 3.8) is 0 Å². The molecule has 2 aromatic carbocycles. The van der Waals surface area contributed by atoms with Gasteiger partial charge in [-0.15, -0.1) is 0 Å². The van der Waals surface area contributed by atoms with E-state index in [1.807, 2.05) is 24.3 Å². The number of nitrogens with one attached hydrogen (secondary N) is 1. The largest absolute Gasteiger partial charge is 0.325 e. The Morgan fingerprint density at radius 1 is 1.12 bits per heavy atom. The SMILES string of the molecule is Cc1cc(C)cc(C2(C(=O)Nc3cccc(CS(C)=O)c3)CC2)c1. The fourth-order valence-electron chi connectivity index (χ4n) is 3.25. The van der Waals surface area contributed by atoms with Gasteiger partial charge in [0, 0.05) is 28.5 Å². The molecule has 2 aromatic rings. The van der Waals surface area contributed by atoms with Crippen molar-refractivity contribution in [3.05, 3.63) is 64.7 Å². The molecule has 126 valence electrons. The number of rotatable bonds is 5. The standard InChI is InChI=1S/C20H23NO2S/c1-14-9-15(2)11-17(10-14)20(7-8-20)19(22)21-18-6-4-5-16(12-18)13-24(3)23/h4-6,9-12H,7-8,13H2,1-3H3,(H,21,22). The van der Waals surface area contributed by atoms with Crippen LogP contribution in [0.15, 0.2) is 42.5 Å². The van der Waals surface area contributed by atoms with E-state index in [2.05, 4.69) is 37.4 Å². The second kappa shape index (κ2) is 6.52. The van der Waals surface area contributed by atoms with Gasteiger partial charge in [-0.2, -0.15) is 0 Å². The molecule has 0 aliphatic heterocycles. The fraction of sp³-hybridized carbons (Fsp3) is 0.350. The summed E-state index contributed by atoms with van der Waals surface area (Å²) in [6.07, 6.45) is 3.46. The average molecular weight is 341 g/mol. The molecule has 0 heterocycles. The smallest absolute Gasteiger partial charge is 0.235 e. The lowest BCUT2D eigenvalue weighted by Gasteiger charge is -2.17. The summed E-state index contributed by atoms with van der Waals surface area (Å²) in [6, 6.07) is 14.0. The third kappa shape index (κ3) is 3.59. The molecule has 24 heavy (non-hydrogen) atoms. The van der Waals surface area contributed by atoms with Crippen molar-refractivity contribution in [2.75, 3.05) is 11.6 Å². The highest BCUT2D eigenvalue weighted by molar-refractivity contribution is 7.83. The molecule has 1 unspecified atom stereocenters. The summed E-state index contributed by atoms with van der Waals surface area (Å²) < 4.78 is 11.4. The normalized spacial score (nSPS) is 16.5. The number of carbonyl (C=O) groups is 1. The van der Waals surface area contributed by atoms with Gasteiger partial charge < -0.3 is 5.32 Å². The summed E-state index contributed by atoms with van der Waals surface area (Å²) in [7, 11) is -0.890. The first-order valence-corrected chi connectivity index (χ1v) is 9.91. The molecule has 3 nitrogen and oxygen atoms in total. The topological polar surface area (TPSA) is 46.2 Å². The molecule has 1 atom stereocenters. The first kappa shape index (κ1) is 16.9. The van der Waals surface area contributed by atoms with Gasteiger partial charge in [0.2, 0.25) is 5.91 Å². The molecule has 0 spiro atoms. The van der Waals surface area contributed by atoms with E-state index in [9.17, 15) is 9.00 Å². The van der Waals surface area contributed by atoms with Crippen LogP contribution < -0.4 is 5.32 Å². The summed E-state index contributed by atoms with van der Waals surface area (Å²) in [5.74, 6) is 0.564. The number of aryl methyl sites for hydroxylation is 2. The highest BCUT2D eigenvalue weighted by atomic mass is 32.2. The van der Waals surface area contributed by atoms with E-state index in [-0.39, 0.29) is 11.3 Å². The fourth-order valence-corrected chi connectivity index (χ4v) is 3.90. The minimum Gasteiger partial charge on any atom is -0.325 e. The van der Waals surface area contributed by atoms with Gasteiger partial charge in [0.25, 0.3) is 0 Å². The van der Waals surface area contributed by atoms with Gasteiger partial charge in [0.1, 0.15) is 0 Å². The second-order valence-electron chi connectivity index (χ2n) is 6.83. The summed E-state index contributed by atoms with van der Waals surface area (Å²) >= 11 is 0. The van der Waals surface area contributed by atoms with E-state index in [0.717, 1.165) is 29.7 Å². The minimum absolute atomic E-state index is 0.0577. The summed E-state index contributed by atoms with van der Waals surface area (Å²) in [5.41, 5.74) is 4.86. The number of hydrogen-bond acceptors (Lipinski definition) is 2. The monoisotopic (exact) mass is 341 g/mol. The highest BCUT2D eigenvalue weighted by Gasteiger charge is 2.51. The highest BCUT2D eigenvalue weighted by Crippen LogP contribution is 2.49. The van der Waals surface area contributed by atoms with Gasteiger partial charge in [-0.3, -0.25) is 9.00 Å². The van der Waals surface area contributed by atoms with Crippen LogP contribution in [0.2, 0.25) is 0 Å². The van der Waals surface area contributed by atoms with Crippen LogP contribution in [-0.2, 0) is 26.8 Å². The second-order valence-corrected chi connectivity index (χ2v) is 8.27. The number of anilines is 1. The van der Waals surface area contributed by atoms with Gasteiger partial charge in [0.05, 0.1) is 5.41 Å². The maximum absolute atomic E-state index is 12.9. The van der Waals surface area contributed by atoms with E-state index in [1.54, 1.807) is 6.26 Å². The van der Waals surface area contributed by atoms with Crippen LogP contribution in [0.4, 0.5) is 5.69 Å². The molecule has 3 rings (SSSR count). The van der Waals surface area contributed by atoms with Gasteiger partial charge in [-0.05, 0) is 49.9 Å². The third-order valence-corrected chi connectivity index (χ3v) is 5.25. The van der Waals surface area contributed by atoms with Crippen LogP contribution in [0.25, 0.3) is 0 Å². The maximum Gasteiger partial charge on any atom is 0.235 e. The zero-order valence-corrected chi connectivity index (χ0v) is 15.2. The first-order chi connectivity index (χ1) is 11.4. The van der Waals surface area contributed by atoms with E-state index in [0.29, 0.717) is 5.75 Å². The zero-order valence-electron chi connectivity index (χ0n) is 14.4. The maximum atomic E-state index is 12.9. The van der Waals surface area contributed by atoms with Crippen LogP contribution in [-0.4, -0.2) is 16.4 Å². The van der Waals surface area contributed by atoms with Crippen LogP contribution in [0.1, 0.15) is 35.1 Å². The molecular weight excluding hydrogens is 318 g/mol. The molecule has 1 fully saturated rings. The van der Waals surface area contributed by atoms with Crippen molar-refractivity contribution in [3.8, 4) is 0 Å². The van der Waals surface area contributed by atoms with Crippen LogP contribution in [0.5, 0.6) is 0 Å². The Labute approximate surface area is 145 Å². The molecule has 1 aliphatic carbocycles. The van der Waals surface area contributed by atoms with Crippen molar-refractivity contribution < 1.29 is 9.00 Å². The van der Waals surface area contributed by atoms with Crippen LogP contribution in [0.3, 0.4) is 0 Å². The number of amides is 1. The van der Waals surface area contributed by atoms with Crippen molar-refractivity contribution in [1.82, 2.24) is 0 Å². The Balaban J connectivity index is 1.81. The molecule has 1 saturated carbocycles. The van der Waals surface area contributed by atoms with E-state index in [1.165, 1.54) is 11.1 Å². The van der Waals surface area contributed by atoms with Gasteiger partial charge in [-0.1, -0.05) is 41.5 Å². The summed E-state index contributed by atoms with van der Waals surface area (Å²) in [5, 5.41) is 3.06. The van der Waals surface area contributed by atoms with E-state index < -0.39 is 10.8 Å². The van der Waals surface area contributed by atoms with Crippen LogP contribution in [0, 0.1) is 13.8 Å². The van der Waals surface area contributed by atoms with Gasteiger partial charge in [-0.25, -0.2) is 0 Å². The molecule has 1 amide bonds. The van der Waals surface area contributed by atoms with Crippen molar-refractivity contribution >= 4 is 22.4 Å². The molecule has 0 saturated heterocycles. The molecule has 0 bridgehead atoms.